The van der Waals surface area contributed by atoms with Gasteiger partial charge in [0.2, 0.25) is 0 Å². The van der Waals surface area contributed by atoms with Crippen LogP contribution in [0.25, 0.3) is 0 Å². The molecule has 122 valence electrons. The van der Waals surface area contributed by atoms with Crippen molar-refractivity contribution in [2.75, 3.05) is 6.61 Å². The summed E-state index contributed by atoms with van der Waals surface area (Å²) >= 11 is 0. The fourth-order valence-corrected chi connectivity index (χ4v) is 4.07. The van der Waals surface area contributed by atoms with Gasteiger partial charge in [0, 0.05) is 6.92 Å². The molecule has 2 rings (SSSR count). The number of carbonyl (C=O) groups is 1. The Bertz CT molecular complexity index is 312. The zero-order valence-corrected chi connectivity index (χ0v) is 14.0. The average molecular weight is 296 g/mol. The molecule has 2 fully saturated rings. The van der Waals surface area contributed by atoms with Crippen molar-refractivity contribution in [3.63, 3.8) is 0 Å². The molecule has 0 radical (unpaired) electrons. The highest BCUT2D eigenvalue weighted by atomic mass is 16.6. The van der Waals surface area contributed by atoms with Crippen LogP contribution in [0.5, 0.6) is 0 Å². The molecule has 2 aliphatic carbocycles. The average Bonchev–Trinajstić information content (AvgIpc) is 2.46. The number of hydrogen-bond donors (Lipinski definition) is 0. The molecule has 2 aliphatic rings. The second kappa shape index (κ2) is 8.17. The van der Waals surface area contributed by atoms with Gasteiger partial charge in [0.05, 0.1) is 12.7 Å². The zero-order valence-electron chi connectivity index (χ0n) is 14.0. The Morgan fingerprint density at radius 2 is 1.52 bits per heavy atom. The maximum atomic E-state index is 10.9. The normalized spacial score (nSPS) is 35.2. The fraction of sp³-hybridized carbons (Fsp3) is 0.944. The van der Waals surface area contributed by atoms with Gasteiger partial charge in [-0.15, -0.1) is 0 Å². The third-order valence-electron chi connectivity index (χ3n) is 5.38. The van der Waals surface area contributed by atoms with Crippen molar-refractivity contribution in [2.45, 2.75) is 84.3 Å². The molecule has 0 heterocycles. The van der Waals surface area contributed by atoms with Crippen molar-refractivity contribution in [3.05, 3.63) is 0 Å². The van der Waals surface area contributed by atoms with E-state index in [4.69, 9.17) is 9.47 Å². The maximum Gasteiger partial charge on any atom is 0.302 e. The highest BCUT2D eigenvalue weighted by Gasteiger charge is 2.30. The van der Waals surface area contributed by atoms with E-state index in [-0.39, 0.29) is 12.1 Å². The number of rotatable bonds is 5. The molecule has 0 aromatic heterocycles. The van der Waals surface area contributed by atoms with Gasteiger partial charge in [0.1, 0.15) is 6.10 Å². The van der Waals surface area contributed by atoms with E-state index in [0.717, 1.165) is 17.8 Å². The lowest BCUT2D eigenvalue weighted by molar-refractivity contribution is -0.150. The number of hydrogen-bond acceptors (Lipinski definition) is 3. The summed E-state index contributed by atoms with van der Waals surface area (Å²) in [5.41, 5.74) is 0. The molecular formula is C18H32O3. The van der Waals surface area contributed by atoms with Gasteiger partial charge in [-0.3, -0.25) is 4.79 Å². The van der Waals surface area contributed by atoms with Crippen LogP contribution in [0, 0.1) is 17.8 Å². The Labute approximate surface area is 129 Å². The summed E-state index contributed by atoms with van der Waals surface area (Å²) in [5.74, 6) is 2.63. The second-order valence-electron chi connectivity index (χ2n) is 7.31. The largest absolute Gasteiger partial charge is 0.460 e. The van der Waals surface area contributed by atoms with Crippen molar-refractivity contribution < 1.29 is 14.3 Å². The second-order valence-corrected chi connectivity index (χ2v) is 7.31. The van der Waals surface area contributed by atoms with Crippen molar-refractivity contribution in [3.8, 4) is 0 Å². The molecule has 0 amide bonds. The maximum absolute atomic E-state index is 10.9. The van der Waals surface area contributed by atoms with Gasteiger partial charge in [-0.25, -0.2) is 0 Å². The minimum atomic E-state index is -0.221. The van der Waals surface area contributed by atoms with E-state index in [1.165, 1.54) is 58.3 Å². The molecule has 3 heteroatoms. The Kier molecular flexibility index (Phi) is 6.53. The highest BCUT2D eigenvalue weighted by Crippen LogP contribution is 2.40. The molecule has 1 atom stereocenters. The minimum absolute atomic E-state index is 0.125. The van der Waals surface area contributed by atoms with Crippen LogP contribution >= 0.6 is 0 Å². The molecule has 21 heavy (non-hydrogen) atoms. The lowest BCUT2D eigenvalue weighted by atomic mass is 9.71. The molecule has 0 aromatic carbocycles. The van der Waals surface area contributed by atoms with Crippen LogP contribution < -0.4 is 0 Å². The highest BCUT2D eigenvalue weighted by molar-refractivity contribution is 5.66. The Morgan fingerprint density at radius 3 is 2.05 bits per heavy atom. The molecule has 0 N–H and O–H groups in total. The first-order valence-corrected chi connectivity index (χ1v) is 8.83. The quantitative estimate of drug-likeness (QED) is 0.708. The summed E-state index contributed by atoms with van der Waals surface area (Å²) in [6, 6.07) is 0. The third-order valence-corrected chi connectivity index (χ3v) is 5.38. The van der Waals surface area contributed by atoms with Gasteiger partial charge < -0.3 is 9.47 Å². The van der Waals surface area contributed by atoms with E-state index in [1.54, 1.807) is 0 Å². The molecule has 3 nitrogen and oxygen atoms in total. The van der Waals surface area contributed by atoms with Crippen molar-refractivity contribution in [1.82, 2.24) is 0 Å². The van der Waals surface area contributed by atoms with E-state index in [9.17, 15) is 4.79 Å². The number of esters is 1. The summed E-state index contributed by atoms with van der Waals surface area (Å²) in [6.07, 6.45) is 11.0. The smallest absolute Gasteiger partial charge is 0.302 e. The summed E-state index contributed by atoms with van der Waals surface area (Å²) in [7, 11) is 0. The SMILES string of the molecule is CC(=O)OC(C)COC1CCC(C2CCC(C)CC2)CC1. The predicted molar refractivity (Wildman–Crippen MR) is 84.0 cm³/mol. The summed E-state index contributed by atoms with van der Waals surface area (Å²) < 4.78 is 11.0. The first kappa shape index (κ1) is 16.8. The molecule has 0 saturated heterocycles. The molecule has 1 unspecified atom stereocenters. The van der Waals surface area contributed by atoms with Gasteiger partial charge in [0.15, 0.2) is 0 Å². The van der Waals surface area contributed by atoms with Gasteiger partial charge in [-0.1, -0.05) is 19.8 Å². The lowest BCUT2D eigenvalue weighted by Gasteiger charge is -2.37. The fourth-order valence-electron chi connectivity index (χ4n) is 4.07. The number of ether oxygens (including phenoxy) is 2. The van der Waals surface area contributed by atoms with Crippen LogP contribution in [-0.2, 0) is 14.3 Å². The lowest BCUT2D eigenvalue weighted by Crippen LogP contribution is -2.30. The number of carbonyl (C=O) groups excluding carboxylic acids is 1. The Hall–Kier alpha value is -0.570. The van der Waals surface area contributed by atoms with Gasteiger partial charge in [-0.2, -0.15) is 0 Å². The monoisotopic (exact) mass is 296 g/mol. The molecule has 0 aliphatic heterocycles. The third kappa shape index (κ3) is 5.61. The molecular weight excluding hydrogens is 264 g/mol. The predicted octanol–water partition coefficient (Wildman–Crippen LogP) is 4.34. The van der Waals surface area contributed by atoms with Gasteiger partial charge in [-0.05, 0) is 63.2 Å². The van der Waals surface area contributed by atoms with Crippen LogP contribution in [0.1, 0.15) is 72.1 Å². The summed E-state index contributed by atoms with van der Waals surface area (Å²) in [6.45, 7) is 6.28. The van der Waals surface area contributed by atoms with Gasteiger partial charge in [0.25, 0.3) is 0 Å². The molecule has 0 aromatic rings. The Morgan fingerprint density at radius 1 is 1.00 bits per heavy atom. The first-order valence-electron chi connectivity index (χ1n) is 8.83. The van der Waals surface area contributed by atoms with Crippen LogP contribution in [0.4, 0.5) is 0 Å². The van der Waals surface area contributed by atoms with E-state index in [0.29, 0.717) is 12.7 Å². The van der Waals surface area contributed by atoms with E-state index in [1.807, 2.05) is 6.92 Å². The van der Waals surface area contributed by atoms with E-state index >= 15 is 0 Å². The van der Waals surface area contributed by atoms with Crippen molar-refractivity contribution >= 4 is 5.97 Å². The van der Waals surface area contributed by atoms with Gasteiger partial charge >= 0.3 is 5.97 Å². The van der Waals surface area contributed by atoms with Crippen LogP contribution in [0.2, 0.25) is 0 Å². The van der Waals surface area contributed by atoms with Crippen molar-refractivity contribution in [2.24, 2.45) is 17.8 Å². The zero-order chi connectivity index (χ0) is 15.2. The molecule has 0 bridgehead atoms. The molecule has 2 saturated carbocycles. The molecule has 0 spiro atoms. The van der Waals surface area contributed by atoms with Crippen LogP contribution in [0.15, 0.2) is 0 Å². The minimum Gasteiger partial charge on any atom is -0.460 e. The van der Waals surface area contributed by atoms with Crippen LogP contribution in [0.3, 0.4) is 0 Å². The summed E-state index contributed by atoms with van der Waals surface area (Å²) in [4.78, 5) is 10.9. The van der Waals surface area contributed by atoms with E-state index < -0.39 is 0 Å². The topological polar surface area (TPSA) is 35.5 Å². The standard InChI is InChI=1S/C18H32O3/c1-13-4-6-16(7-5-13)17-8-10-18(11-9-17)20-12-14(2)21-15(3)19/h13-14,16-18H,4-12H2,1-3H3. The van der Waals surface area contributed by atoms with Crippen molar-refractivity contribution in [1.29, 1.82) is 0 Å². The van der Waals surface area contributed by atoms with E-state index in [2.05, 4.69) is 6.92 Å². The summed E-state index contributed by atoms with van der Waals surface area (Å²) in [5, 5.41) is 0. The first-order chi connectivity index (χ1) is 10.0. The Balaban J connectivity index is 1.63. The van der Waals surface area contributed by atoms with Crippen LogP contribution in [-0.4, -0.2) is 24.8 Å².